The number of carbonyl (C=O) groups is 9. The fraction of sp³-hybridized carbons (Fsp3) is 0.817. The summed E-state index contributed by atoms with van der Waals surface area (Å²) in [5, 5.41) is 182. The molecule has 124 heavy (non-hydrogen) atoms. The lowest BCUT2D eigenvalue weighted by atomic mass is 9.99. The van der Waals surface area contributed by atoms with Gasteiger partial charge in [0.1, 0.15) is 122 Å². The topological polar surface area (TPSA) is 657 Å². The lowest BCUT2D eigenvalue weighted by molar-refractivity contribution is -0.301. The highest BCUT2D eigenvalue weighted by molar-refractivity contribution is 5.91. The fourth-order valence-electron chi connectivity index (χ4n) is 14.0. The van der Waals surface area contributed by atoms with Gasteiger partial charge in [0.25, 0.3) is 0 Å². The van der Waals surface area contributed by atoms with Crippen molar-refractivity contribution in [1.29, 1.82) is 0 Å². The number of ether oxygens (including phenoxy) is 9. The van der Waals surface area contributed by atoms with Gasteiger partial charge < -0.3 is 167 Å². The van der Waals surface area contributed by atoms with Crippen molar-refractivity contribution in [2.75, 3.05) is 85.6 Å². The van der Waals surface area contributed by atoms with Crippen LogP contribution in [0.3, 0.4) is 0 Å². The number of hydrogen-bond donors (Lipinski definition) is 24. The molecule has 42 nitrogen and oxygen atoms in total. The number of unbranched alkanes of at least 4 members (excludes halogenated alkanes) is 15. The quantitative estimate of drug-likeness (QED) is 0.0214. The van der Waals surface area contributed by atoms with Crippen LogP contribution in [-0.2, 0) is 92.4 Å². The monoisotopic (exact) mass is 1780 g/mol. The highest BCUT2D eigenvalue weighted by atomic mass is 16.7. The Balaban J connectivity index is 1.20. The van der Waals surface area contributed by atoms with Crippen LogP contribution < -0.4 is 42.5 Å². The Labute approximate surface area is 722 Å². The second-order valence-corrected chi connectivity index (χ2v) is 31.6. The smallest absolute Gasteiger partial charge is 0.306 e. The van der Waals surface area contributed by atoms with Crippen molar-refractivity contribution in [3.05, 3.63) is 35.9 Å². The molecule has 1 aromatic carbocycles. The van der Waals surface area contributed by atoms with Crippen molar-refractivity contribution < 1.29 is 167 Å². The Morgan fingerprint density at radius 3 is 0.871 bits per heavy atom. The van der Waals surface area contributed by atoms with Crippen molar-refractivity contribution >= 4 is 53.2 Å². The van der Waals surface area contributed by atoms with Gasteiger partial charge in [0.2, 0.25) is 47.3 Å². The van der Waals surface area contributed by atoms with E-state index in [9.17, 15) is 125 Å². The normalized spacial score (nSPS) is 27.0. The summed E-state index contributed by atoms with van der Waals surface area (Å²) in [7, 11) is 0. The van der Waals surface area contributed by atoms with Crippen LogP contribution in [0.15, 0.2) is 30.3 Å². The fourth-order valence-corrected chi connectivity index (χ4v) is 14.0. The molecule has 0 aliphatic carbocycles. The van der Waals surface area contributed by atoms with E-state index in [2.05, 4.69) is 42.5 Å². The molecule has 8 amide bonds. The predicted molar refractivity (Wildman–Crippen MR) is 434 cm³/mol. The molecule has 0 saturated carbocycles. The van der Waals surface area contributed by atoms with Gasteiger partial charge in [0, 0.05) is 97.7 Å². The molecule has 4 heterocycles. The Kier molecular flexibility index (Phi) is 53.9. The molecular formula is C82H140N8O34. The van der Waals surface area contributed by atoms with E-state index in [1.54, 1.807) is 0 Å². The van der Waals surface area contributed by atoms with Gasteiger partial charge in [-0.25, -0.2) is 0 Å². The largest absolute Gasteiger partial charge is 0.461 e. The van der Waals surface area contributed by atoms with E-state index in [-0.39, 0.29) is 122 Å². The molecule has 1 aromatic rings. The Bertz CT molecular complexity index is 3180. The third-order valence-corrected chi connectivity index (χ3v) is 21.6. The summed E-state index contributed by atoms with van der Waals surface area (Å²) in [5.41, 5.74) is 0.885. The van der Waals surface area contributed by atoms with Crippen molar-refractivity contribution in [2.24, 2.45) is 0 Å². The average Bonchev–Trinajstić information content (AvgIpc) is 0.834. The van der Waals surface area contributed by atoms with E-state index in [1.165, 1.54) is 0 Å². The van der Waals surface area contributed by atoms with E-state index in [0.29, 0.717) is 122 Å². The van der Waals surface area contributed by atoms with Crippen LogP contribution in [0.4, 0.5) is 0 Å². The lowest BCUT2D eigenvalue weighted by Gasteiger charge is -2.39. The lowest BCUT2D eigenvalue weighted by Crippen LogP contribution is -2.59. The molecule has 4 aliphatic heterocycles. The van der Waals surface area contributed by atoms with Crippen LogP contribution in [0.25, 0.3) is 0 Å². The van der Waals surface area contributed by atoms with Gasteiger partial charge in [-0.05, 0) is 95.5 Å². The maximum Gasteiger partial charge on any atom is 0.306 e. The molecule has 0 radical (unpaired) electrons. The summed E-state index contributed by atoms with van der Waals surface area (Å²) in [5.74, 6) is -5.25. The number of rotatable bonds is 64. The van der Waals surface area contributed by atoms with Crippen molar-refractivity contribution in [3.63, 3.8) is 0 Å². The Morgan fingerprint density at radius 2 is 0.556 bits per heavy atom. The molecule has 4 aliphatic rings. The molecule has 4 saturated heterocycles. The van der Waals surface area contributed by atoms with Gasteiger partial charge >= 0.3 is 5.97 Å². The summed E-state index contributed by atoms with van der Waals surface area (Å²) in [6, 6.07) is 5.28. The summed E-state index contributed by atoms with van der Waals surface area (Å²) in [6.45, 7) is -1.14. The molecule has 0 bridgehead atoms. The van der Waals surface area contributed by atoms with E-state index >= 15 is 0 Å². The summed E-state index contributed by atoms with van der Waals surface area (Å²) < 4.78 is 49.2. The average molecular weight is 1780 g/mol. The number of amides is 8. The number of aliphatic hydroxyl groups is 16. The number of nitrogens with one attached hydrogen (secondary N) is 8. The van der Waals surface area contributed by atoms with Crippen LogP contribution in [0, 0.1) is 0 Å². The second-order valence-electron chi connectivity index (χ2n) is 31.6. The van der Waals surface area contributed by atoms with Crippen LogP contribution in [-0.4, -0.2) is 361 Å². The second kappa shape index (κ2) is 61.9. The van der Waals surface area contributed by atoms with Gasteiger partial charge in [-0.2, -0.15) is 0 Å². The first-order valence-corrected chi connectivity index (χ1v) is 43.8. The SMILES string of the molecule is O=C(CCCC(=O)NC(CCC(=O)NC(CCC(=O)NC(CCC(=O)NCCCCCCO[C@H]1O[C@H](CO)[C@@H](O)[C@H](O)[C@@H]1O)C(=O)NCCCCCCO[C@H]1O[C@H](CO)[C@@H](O)[C@H](O)[C@@H]1O)C(=O)NCCCCCCO[C@H]1O[C@H](CO)[C@@H](O)[C@H](O)[C@@H]1O)C(=O)NCCCCCCO[C@H]1O[C@H](CO)[C@@H](O)[C@H](O)[C@@H]1O)NCCCCCCC(=O)OCc1ccccc1. The minimum atomic E-state index is -1.63. The molecule has 23 atom stereocenters. The first kappa shape index (κ1) is 108. The first-order valence-electron chi connectivity index (χ1n) is 43.8. The minimum absolute atomic E-state index is 0.0312. The number of carbonyl (C=O) groups excluding carboxylic acids is 9. The zero-order chi connectivity index (χ0) is 90.7. The highest BCUT2D eigenvalue weighted by Gasteiger charge is 2.48. The standard InChI is InChI=1S/C82H140N8O34/c91-45-54-64(101)68(105)72(109)79(121-54)116-41-20-7-3-16-37-84-59(96)33-30-51(76(113)85-38-17-4-8-21-42-117-80-73(110)69(106)65(102)55(46-92)122-80)89-61(98)35-32-53(78(115)87-40-19-6-10-23-44-119-82-75(112)71(108)67(104)57(48-94)124-82)90-62(99)34-31-52(77(114)86-39-18-5-9-22-43-118-81-74(111)70(107)66(103)56(47-93)123-81)88-60(97)28-24-27-58(95)83-36-15-2-1-14-29-63(100)120-49-50-25-12-11-13-26-50/h11-13,25-26,51-57,64-75,79-82,91-94,101-112H,1-10,14-24,27-49H2,(H,83,95)(H,84,96)(H,85,113)(H,86,114)(H,87,115)(H,88,97)(H,89,98)(H,90,99)/t51?,52?,53?,54-,55-,56-,57-,64-,65-,66-,67-,68+,69+,70+,71+,72+,73+,74+,75+,79+,80+,81+,82+/m1/s1. The van der Waals surface area contributed by atoms with Gasteiger partial charge in [-0.3, -0.25) is 43.2 Å². The van der Waals surface area contributed by atoms with E-state index in [4.69, 9.17) is 42.6 Å². The third kappa shape index (κ3) is 40.4. The molecule has 3 unspecified atom stereocenters. The number of esters is 1. The van der Waals surface area contributed by atoms with Gasteiger partial charge in [0.05, 0.1) is 26.4 Å². The number of aliphatic hydroxyl groups excluding tert-OH is 16. The predicted octanol–water partition coefficient (Wildman–Crippen LogP) is -5.27. The molecule has 0 spiro atoms. The molecular weight excluding hydrogens is 1640 g/mol. The maximum absolute atomic E-state index is 14.2. The van der Waals surface area contributed by atoms with Gasteiger partial charge in [-0.1, -0.05) is 94.5 Å². The Hall–Kier alpha value is -6.51. The maximum atomic E-state index is 14.2. The van der Waals surface area contributed by atoms with Crippen LogP contribution in [0.2, 0.25) is 0 Å². The van der Waals surface area contributed by atoms with E-state index in [0.717, 1.165) is 18.4 Å². The van der Waals surface area contributed by atoms with Crippen molar-refractivity contribution in [1.82, 2.24) is 42.5 Å². The van der Waals surface area contributed by atoms with Crippen molar-refractivity contribution in [3.8, 4) is 0 Å². The molecule has 0 aromatic heterocycles. The van der Waals surface area contributed by atoms with Gasteiger partial charge in [-0.15, -0.1) is 0 Å². The molecule has 4 fully saturated rings. The summed E-state index contributed by atoms with van der Waals surface area (Å²) >= 11 is 0. The third-order valence-electron chi connectivity index (χ3n) is 21.6. The summed E-state index contributed by atoms with van der Waals surface area (Å²) in [6.07, 6.45) is -19.9. The van der Waals surface area contributed by atoms with Crippen LogP contribution >= 0.6 is 0 Å². The van der Waals surface area contributed by atoms with E-state index < -0.39 is 222 Å². The molecule has 5 rings (SSSR count). The number of hydrogen-bond acceptors (Lipinski definition) is 34. The molecule has 712 valence electrons. The zero-order valence-electron chi connectivity index (χ0n) is 70.8. The van der Waals surface area contributed by atoms with Gasteiger partial charge in [0.15, 0.2) is 25.2 Å². The first-order chi connectivity index (χ1) is 59.6. The Morgan fingerprint density at radius 1 is 0.290 bits per heavy atom. The van der Waals surface area contributed by atoms with Crippen LogP contribution in [0.1, 0.15) is 198 Å². The van der Waals surface area contributed by atoms with E-state index in [1.807, 2.05) is 30.3 Å². The summed E-state index contributed by atoms with van der Waals surface area (Å²) in [4.78, 5) is 122. The highest BCUT2D eigenvalue weighted by Crippen LogP contribution is 2.27. The number of benzene rings is 1. The minimum Gasteiger partial charge on any atom is -0.461 e. The molecule has 24 N–H and O–H groups in total. The molecule has 42 heteroatoms. The van der Waals surface area contributed by atoms with Crippen LogP contribution in [0.5, 0.6) is 0 Å². The van der Waals surface area contributed by atoms with Crippen molar-refractivity contribution in [2.45, 2.75) is 340 Å². The zero-order valence-corrected chi connectivity index (χ0v) is 70.8.